The lowest BCUT2D eigenvalue weighted by Crippen LogP contribution is -2.20. The summed E-state index contributed by atoms with van der Waals surface area (Å²) in [5, 5.41) is 7.95. The molecule has 2 amide bonds. The van der Waals surface area contributed by atoms with Gasteiger partial charge in [0, 0.05) is 18.6 Å². The molecular formula is C11H14N4O. The Hall–Kier alpha value is -2.04. The molecular weight excluding hydrogens is 204 g/mol. The second-order valence-electron chi connectivity index (χ2n) is 3.68. The van der Waals surface area contributed by atoms with E-state index in [2.05, 4.69) is 10.4 Å². The van der Waals surface area contributed by atoms with Crippen molar-refractivity contribution in [3.8, 4) is 0 Å². The maximum absolute atomic E-state index is 11.0. The topological polar surface area (TPSA) is 72.9 Å². The molecule has 0 unspecified atom stereocenters. The van der Waals surface area contributed by atoms with Gasteiger partial charge in [0.2, 0.25) is 0 Å². The van der Waals surface area contributed by atoms with E-state index in [-0.39, 0.29) is 0 Å². The van der Waals surface area contributed by atoms with Gasteiger partial charge in [0.15, 0.2) is 0 Å². The van der Waals surface area contributed by atoms with Crippen LogP contribution in [0.1, 0.15) is 12.5 Å². The minimum Gasteiger partial charge on any atom is -0.351 e. The Morgan fingerprint density at radius 3 is 2.94 bits per heavy atom. The van der Waals surface area contributed by atoms with Crippen molar-refractivity contribution in [3.63, 3.8) is 0 Å². The van der Waals surface area contributed by atoms with Crippen LogP contribution in [-0.4, -0.2) is 15.8 Å². The Morgan fingerprint density at radius 1 is 1.56 bits per heavy atom. The molecule has 0 saturated carbocycles. The summed E-state index contributed by atoms with van der Waals surface area (Å²) < 4.78 is 1.72. The standard InChI is InChI=1S/C11H14N4O/c1-3-7-4-5-8-6-15(2)14-10(8)9(7)13-11(12)16/h4-6H,3H2,1-2H3,(H3,12,13,16). The first-order valence-corrected chi connectivity index (χ1v) is 5.13. The van der Waals surface area contributed by atoms with Crippen LogP contribution in [-0.2, 0) is 13.5 Å². The van der Waals surface area contributed by atoms with Crippen molar-refractivity contribution < 1.29 is 4.79 Å². The number of aromatic nitrogens is 2. The molecule has 1 heterocycles. The number of fused-ring (bicyclic) bond motifs is 1. The predicted octanol–water partition coefficient (Wildman–Crippen LogP) is 1.63. The summed E-state index contributed by atoms with van der Waals surface area (Å²) >= 11 is 0. The highest BCUT2D eigenvalue weighted by Crippen LogP contribution is 2.26. The fourth-order valence-electron chi connectivity index (χ4n) is 1.81. The van der Waals surface area contributed by atoms with Crippen LogP contribution >= 0.6 is 0 Å². The summed E-state index contributed by atoms with van der Waals surface area (Å²) in [6.07, 6.45) is 2.73. The van der Waals surface area contributed by atoms with Gasteiger partial charge in [-0.15, -0.1) is 0 Å². The monoisotopic (exact) mass is 218 g/mol. The Labute approximate surface area is 93.2 Å². The van der Waals surface area contributed by atoms with Crippen molar-refractivity contribution in [1.82, 2.24) is 9.78 Å². The van der Waals surface area contributed by atoms with Gasteiger partial charge in [-0.1, -0.05) is 19.1 Å². The third kappa shape index (κ3) is 1.71. The lowest BCUT2D eigenvalue weighted by Gasteiger charge is -2.08. The van der Waals surface area contributed by atoms with E-state index in [1.807, 2.05) is 32.3 Å². The number of benzene rings is 1. The number of hydrogen-bond acceptors (Lipinski definition) is 2. The molecule has 0 radical (unpaired) electrons. The molecule has 16 heavy (non-hydrogen) atoms. The SMILES string of the molecule is CCc1ccc2cn(C)nc2c1NC(N)=O. The van der Waals surface area contributed by atoms with Crippen molar-refractivity contribution in [2.75, 3.05) is 5.32 Å². The number of primary amides is 1. The molecule has 2 rings (SSSR count). The zero-order valence-corrected chi connectivity index (χ0v) is 9.32. The van der Waals surface area contributed by atoms with Crippen LogP contribution in [0.25, 0.3) is 10.9 Å². The number of nitrogens with two attached hydrogens (primary N) is 1. The largest absolute Gasteiger partial charge is 0.351 e. The summed E-state index contributed by atoms with van der Waals surface area (Å²) in [5.74, 6) is 0. The van der Waals surface area contributed by atoms with Gasteiger partial charge in [-0.3, -0.25) is 4.68 Å². The van der Waals surface area contributed by atoms with Crippen LogP contribution in [0.15, 0.2) is 18.3 Å². The first-order valence-electron chi connectivity index (χ1n) is 5.13. The minimum absolute atomic E-state index is 0.562. The molecule has 0 bridgehead atoms. The van der Waals surface area contributed by atoms with Gasteiger partial charge < -0.3 is 11.1 Å². The highest BCUT2D eigenvalue weighted by atomic mass is 16.2. The highest BCUT2D eigenvalue weighted by molar-refractivity contribution is 6.00. The minimum atomic E-state index is -0.562. The second-order valence-corrected chi connectivity index (χ2v) is 3.68. The van der Waals surface area contributed by atoms with Gasteiger partial charge in [0.1, 0.15) is 5.52 Å². The fraction of sp³-hybridized carbons (Fsp3) is 0.273. The fourth-order valence-corrected chi connectivity index (χ4v) is 1.81. The van der Waals surface area contributed by atoms with E-state index in [9.17, 15) is 4.79 Å². The number of urea groups is 1. The van der Waals surface area contributed by atoms with E-state index in [0.29, 0.717) is 5.69 Å². The van der Waals surface area contributed by atoms with Gasteiger partial charge in [0.05, 0.1) is 5.69 Å². The van der Waals surface area contributed by atoms with Crippen LogP contribution in [0.2, 0.25) is 0 Å². The average molecular weight is 218 g/mol. The number of carbonyl (C=O) groups is 1. The summed E-state index contributed by atoms with van der Waals surface area (Å²) in [5.41, 5.74) is 7.69. The Balaban J connectivity index is 2.66. The molecule has 0 aliphatic carbocycles. The van der Waals surface area contributed by atoms with E-state index >= 15 is 0 Å². The molecule has 5 heteroatoms. The Kier molecular flexibility index (Phi) is 2.52. The zero-order chi connectivity index (χ0) is 11.7. The maximum Gasteiger partial charge on any atom is 0.316 e. The zero-order valence-electron chi connectivity index (χ0n) is 9.32. The molecule has 0 spiro atoms. The van der Waals surface area contributed by atoms with Crippen molar-refractivity contribution in [2.24, 2.45) is 12.8 Å². The lowest BCUT2D eigenvalue weighted by atomic mass is 10.1. The molecule has 0 fully saturated rings. The lowest BCUT2D eigenvalue weighted by molar-refractivity contribution is 0.259. The van der Waals surface area contributed by atoms with Crippen LogP contribution in [0, 0.1) is 0 Å². The quantitative estimate of drug-likeness (QED) is 0.804. The molecule has 5 nitrogen and oxygen atoms in total. The number of carbonyl (C=O) groups excluding carboxylic acids is 1. The first kappa shape index (κ1) is 10.5. The van der Waals surface area contributed by atoms with Gasteiger partial charge in [-0.2, -0.15) is 5.10 Å². The Bertz CT molecular complexity index is 544. The maximum atomic E-state index is 11.0. The van der Waals surface area contributed by atoms with Crippen molar-refractivity contribution in [3.05, 3.63) is 23.9 Å². The van der Waals surface area contributed by atoms with Crippen molar-refractivity contribution in [1.29, 1.82) is 0 Å². The Morgan fingerprint density at radius 2 is 2.31 bits per heavy atom. The molecule has 1 aromatic heterocycles. The van der Waals surface area contributed by atoms with Gasteiger partial charge in [-0.25, -0.2) is 4.79 Å². The third-order valence-electron chi connectivity index (χ3n) is 2.51. The molecule has 1 aromatic carbocycles. The molecule has 0 saturated heterocycles. The summed E-state index contributed by atoms with van der Waals surface area (Å²) in [4.78, 5) is 11.0. The number of anilines is 1. The number of hydrogen-bond donors (Lipinski definition) is 2. The van der Waals surface area contributed by atoms with E-state index < -0.39 is 6.03 Å². The van der Waals surface area contributed by atoms with Gasteiger partial charge >= 0.3 is 6.03 Å². The normalized spacial score (nSPS) is 10.6. The van der Waals surface area contributed by atoms with Crippen molar-refractivity contribution >= 4 is 22.6 Å². The highest BCUT2D eigenvalue weighted by Gasteiger charge is 2.10. The molecule has 3 N–H and O–H groups in total. The van der Waals surface area contributed by atoms with Gasteiger partial charge in [-0.05, 0) is 12.0 Å². The molecule has 0 atom stereocenters. The molecule has 0 aliphatic rings. The van der Waals surface area contributed by atoms with Crippen LogP contribution in [0.3, 0.4) is 0 Å². The number of nitrogens with one attached hydrogen (secondary N) is 1. The molecule has 0 aliphatic heterocycles. The predicted molar refractivity (Wildman–Crippen MR) is 63.3 cm³/mol. The van der Waals surface area contributed by atoms with Crippen LogP contribution in [0.5, 0.6) is 0 Å². The number of rotatable bonds is 2. The number of amides is 2. The van der Waals surface area contributed by atoms with E-state index in [0.717, 1.165) is 22.9 Å². The number of aryl methyl sites for hydroxylation is 2. The summed E-state index contributed by atoms with van der Waals surface area (Å²) in [6.45, 7) is 2.02. The average Bonchev–Trinajstić information content (AvgIpc) is 2.59. The van der Waals surface area contributed by atoms with E-state index in [4.69, 9.17) is 5.73 Å². The van der Waals surface area contributed by atoms with Crippen molar-refractivity contribution in [2.45, 2.75) is 13.3 Å². The van der Waals surface area contributed by atoms with E-state index in [1.165, 1.54) is 0 Å². The summed E-state index contributed by atoms with van der Waals surface area (Å²) in [6, 6.07) is 3.41. The van der Waals surface area contributed by atoms with Gasteiger partial charge in [0.25, 0.3) is 0 Å². The first-order chi connectivity index (χ1) is 7.61. The molecule has 2 aromatic rings. The smallest absolute Gasteiger partial charge is 0.316 e. The third-order valence-corrected chi connectivity index (χ3v) is 2.51. The second kappa shape index (κ2) is 3.84. The van der Waals surface area contributed by atoms with E-state index in [1.54, 1.807) is 4.68 Å². The molecule has 84 valence electrons. The number of nitrogens with zero attached hydrogens (tertiary/aromatic N) is 2. The van der Waals surface area contributed by atoms with Crippen LogP contribution in [0.4, 0.5) is 10.5 Å². The summed E-state index contributed by atoms with van der Waals surface area (Å²) in [7, 11) is 1.85. The van der Waals surface area contributed by atoms with Crippen LogP contribution < -0.4 is 11.1 Å².